The summed E-state index contributed by atoms with van der Waals surface area (Å²) in [5.74, 6) is -0.246. The van der Waals surface area contributed by atoms with Crippen LogP contribution >= 0.6 is 23.2 Å². The van der Waals surface area contributed by atoms with Gasteiger partial charge in [0, 0.05) is 18.3 Å². The van der Waals surface area contributed by atoms with Crippen LogP contribution in [-0.2, 0) is 4.79 Å². The summed E-state index contributed by atoms with van der Waals surface area (Å²) in [6.07, 6.45) is 1.36. The maximum absolute atomic E-state index is 12.2. The van der Waals surface area contributed by atoms with Gasteiger partial charge in [0.05, 0.1) is 24.9 Å². The van der Waals surface area contributed by atoms with Crippen molar-refractivity contribution in [2.45, 2.75) is 0 Å². The van der Waals surface area contributed by atoms with E-state index in [1.54, 1.807) is 24.3 Å². The first-order valence-electron chi connectivity index (χ1n) is 6.91. The van der Waals surface area contributed by atoms with Gasteiger partial charge in [-0.3, -0.25) is 9.59 Å². The number of rotatable bonds is 5. The third kappa shape index (κ3) is 4.59. The molecule has 6 nitrogen and oxygen atoms in total. The van der Waals surface area contributed by atoms with Crippen LogP contribution < -0.4 is 10.1 Å². The number of benzene rings is 1. The summed E-state index contributed by atoms with van der Waals surface area (Å²) in [4.78, 5) is 29.5. The molecule has 0 aliphatic rings. The molecular weight excluding hydrogens is 353 g/mol. The SMILES string of the molecule is COc1ccc(Cl)cc1NC(=O)CN(C)C(=O)c1ccc(Cl)nc1. The van der Waals surface area contributed by atoms with Crippen molar-refractivity contribution >= 4 is 40.7 Å². The Morgan fingerprint density at radius 1 is 1.25 bits per heavy atom. The second kappa shape index (κ2) is 7.99. The zero-order valence-electron chi connectivity index (χ0n) is 13.0. The van der Waals surface area contributed by atoms with E-state index in [1.165, 1.54) is 31.3 Å². The summed E-state index contributed by atoms with van der Waals surface area (Å²) < 4.78 is 5.16. The van der Waals surface area contributed by atoms with Gasteiger partial charge in [-0.15, -0.1) is 0 Å². The Hall–Kier alpha value is -2.31. The monoisotopic (exact) mass is 367 g/mol. The highest BCUT2D eigenvalue weighted by atomic mass is 35.5. The van der Waals surface area contributed by atoms with Crippen molar-refractivity contribution in [1.82, 2.24) is 9.88 Å². The molecule has 0 atom stereocenters. The largest absolute Gasteiger partial charge is 0.495 e. The summed E-state index contributed by atoms with van der Waals surface area (Å²) in [6, 6.07) is 7.93. The molecule has 2 amide bonds. The van der Waals surface area contributed by atoms with Crippen LogP contribution in [0, 0.1) is 0 Å². The van der Waals surface area contributed by atoms with E-state index in [9.17, 15) is 9.59 Å². The Morgan fingerprint density at radius 2 is 2.00 bits per heavy atom. The molecule has 24 heavy (non-hydrogen) atoms. The number of ether oxygens (including phenoxy) is 1. The van der Waals surface area contributed by atoms with Crippen LogP contribution in [-0.4, -0.2) is 42.4 Å². The fourth-order valence-electron chi connectivity index (χ4n) is 1.98. The Kier molecular flexibility index (Phi) is 6.00. The van der Waals surface area contributed by atoms with E-state index in [0.29, 0.717) is 27.2 Å². The van der Waals surface area contributed by atoms with Gasteiger partial charge in [0.1, 0.15) is 10.9 Å². The molecule has 0 aliphatic carbocycles. The number of carbonyl (C=O) groups excluding carboxylic acids is 2. The third-order valence-corrected chi connectivity index (χ3v) is 3.60. The highest BCUT2D eigenvalue weighted by Gasteiger charge is 2.16. The van der Waals surface area contributed by atoms with Crippen LogP contribution in [0.2, 0.25) is 10.2 Å². The minimum Gasteiger partial charge on any atom is -0.495 e. The van der Waals surface area contributed by atoms with Gasteiger partial charge in [0.15, 0.2) is 0 Å². The van der Waals surface area contributed by atoms with Crippen molar-refractivity contribution in [1.29, 1.82) is 0 Å². The second-order valence-corrected chi connectivity index (χ2v) is 5.75. The Balaban J connectivity index is 2.02. The molecule has 0 saturated carbocycles. The van der Waals surface area contributed by atoms with E-state index in [-0.39, 0.29) is 18.4 Å². The first kappa shape index (κ1) is 18.0. The van der Waals surface area contributed by atoms with Gasteiger partial charge >= 0.3 is 0 Å². The molecule has 2 aromatic rings. The Labute approximate surface area is 149 Å². The molecule has 1 aromatic carbocycles. The second-order valence-electron chi connectivity index (χ2n) is 4.92. The average molecular weight is 368 g/mol. The molecule has 0 unspecified atom stereocenters. The molecule has 0 aliphatic heterocycles. The molecule has 0 spiro atoms. The maximum atomic E-state index is 12.2. The molecule has 2 rings (SSSR count). The van der Waals surface area contributed by atoms with E-state index in [0.717, 1.165) is 0 Å². The minimum atomic E-state index is -0.381. The molecule has 0 bridgehead atoms. The molecule has 8 heteroatoms. The molecule has 126 valence electrons. The van der Waals surface area contributed by atoms with Crippen LogP contribution in [0.3, 0.4) is 0 Å². The molecular formula is C16H15Cl2N3O3. The molecule has 1 aromatic heterocycles. The van der Waals surface area contributed by atoms with Gasteiger partial charge in [-0.2, -0.15) is 0 Å². The van der Waals surface area contributed by atoms with Gasteiger partial charge in [-0.1, -0.05) is 23.2 Å². The van der Waals surface area contributed by atoms with Gasteiger partial charge in [-0.25, -0.2) is 4.98 Å². The lowest BCUT2D eigenvalue weighted by Crippen LogP contribution is -2.35. The lowest BCUT2D eigenvalue weighted by molar-refractivity contribution is -0.116. The number of hydrogen-bond acceptors (Lipinski definition) is 4. The fraction of sp³-hybridized carbons (Fsp3) is 0.188. The molecule has 0 saturated heterocycles. The van der Waals surface area contributed by atoms with Crippen LogP contribution in [0.1, 0.15) is 10.4 Å². The van der Waals surface area contributed by atoms with E-state index >= 15 is 0 Å². The lowest BCUT2D eigenvalue weighted by atomic mass is 10.2. The van der Waals surface area contributed by atoms with Crippen LogP contribution in [0.5, 0.6) is 5.75 Å². The zero-order chi connectivity index (χ0) is 17.7. The molecule has 1 N–H and O–H groups in total. The van der Waals surface area contributed by atoms with Crippen molar-refractivity contribution in [3.63, 3.8) is 0 Å². The van der Waals surface area contributed by atoms with Crippen molar-refractivity contribution < 1.29 is 14.3 Å². The number of amides is 2. The van der Waals surface area contributed by atoms with Gasteiger partial charge in [-0.05, 0) is 30.3 Å². The lowest BCUT2D eigenvalue weighted by Gasteiger charge is -2.17. The number of pyridine rings is 1. The summed E-state index contributed by atoms with van der Waals surface area (Å²) in [5.41, 5.74) is 0.777. The standard InChI is InChI=1S/C16H15Cl2N3O3/c1-21(16(23)10-3-6-14(18)19-8-10)9-15(22)20-12-7-11(17)4-5-13(12)24-2/h3-8H,9H2,1-2H3,(H,20,22). The van der Waals surface area contributed by atoms with E-state index in [4.69, 9.17) is 27.9 Å². The third-order valence-electron chi connectivity index (χ3n) is 3.14. The van der Waals surface area contributed by atoms with Crippen LogP contribution in [0.25, 0.3) is 0 Å². The summed E-state index contributed by atoms with van der Waals surface area (Å²) in [5, 5.41) is 3.42. The normalized spacial score (nSPS) is 10.2. The van der Waals surface area contributed by atoms with Crippen LogP contribution in [0.4, 0.5) is 5.69 Å². The number of methoxy groups -OCH3 is 1. The minimum absolute atomic E-state index is 0.142. The van der Waals surface area contributed by atoms with Crippen LogP contribution in [0.15, 0.2) is 36.5 Å². The number of hydrogen-bond donors (Lipinski definition) is 1. The Bertz CT molecular complexity index is 751. The van der Waals surface area contributed by atoms with Crippen molar-refractivity contribution in [3.05, 3.63) is 52.3 Å². The van der Waals surface area contributed by atoms with Crippen molar-refractivity contribution in [2.75, 3.05) is 26.0 Å². The number of halogens is 2. The predicted octanol–water partition coefficient (Wildman–Crippen LogP) is 3.11. The average Bonchev–Trinajstić information content (AvgIpc) is 2.55. The number of aromatic nitrogens is 1. The number of likely N-dealkylation sites (N-methyl/N-ethyl adjacent to an activating group) is 1. The maximum Gasteiger partial charge on any atom is 0.255 e. The quantitative estimate of drug-likeness (QED) is 0.824. The highest BCUT2D eigenvalue weighted by Crippen LogP contribution is 2.27. The first-order chi connectivity index (χ1) is 11.4. The number of carbonyl (C=O) groups is 2. The predicted molar refractivity (Wildman–Crippen MR) is 92.8 cm³/mol. The van der Waals surface area contributed by atoms with Gasteiger partial charge < -0.3 is 15.0 Å². The smallest absolute Gasteiger partial charge is 0.255 e. The van der Waals surface area contributed by atoms with E-state index in [2.05, 4.69) is 10.3 Å². The van der Waals surface area contributed by atoms with E-state index in [1.807, 2.05) is 0 Å². The fourth-order valence-corrected chi connectivity index (χ4v) is 2.26. The zero-order valence-corrected chi connectivity index (χ0v) is 14.6. The molecule has 0 radical (unpaired) electrons. The van der Waals surface area contributed by atoms with E-state index < -0.39 is 0 Å². The topological polar surface area (TPSA) is 71.5 Å². The summed E-state index contributed by atoms with van der Waals surface area (Å²) in [6.45, 7) is -0.142. The Morgan fingerprint density at radius 3 is 2.62 bits per heavy atom. The molecule has 1 heterocycles. The van der Waals surface area contributed by atoms with Gasteiger partial charge in [0.2, 0.25) is 5.91 Å². The number of nitrogens with one attached hydrogen (secondary N) is 1. The number of anilines is 1. The summed E-state index contributed by atoms with van der Waals surface area (Å²) >= 11 is 11.6. The molecule has 0 fully saturated rings. The number of nitrogens with zero attached hydrogens (tertiary/aromatic N) is 2. The van der Waals surface area contributed by atoms with Crippen molar-refractivity contribution in [3.8, 4) is 5.75 Å². The first-order valence-corrected chi connectivity index (χ1v) is 7.66. The van der Waals surface area contributed by atoms with Gasteiger partial charge in [0.25, 0.3) is 5.91 Å². The van der Waals surface area contributed by atoms with Crippen molar-refractivity contribution in [2.24, 2.45) is 0 Å². The summed E-state index contributed by atoms with van der Waals surface area (Å²) in [7, 11) is 3.01. The highest BCUT2D eigenvalue weighted by molar-refractivity contribution is 6.31.